The normalized spacial score (nSPS) is 10.4. The van der Waals surface area contributed by atoms with Crippen LogP contribution in [0.4, 0.5) is 5.69 Å². The first-order valence-corrected chi connectivity index (χ1v) is 6.90. The Balaban J connectivity index is 2.01. The highest BCUT2D eigenvalue weighted by atomic mass is 79.9. The second-order valence-electron chi connectivity index (χ2n) is 4.45. The van der Waals surface area contributed by atoms with Crippen LogP contribution < -0.4 is 10.1 Å². The van der Waals surface area contributed by atoms with Gasteiger partial charge in [0.2, 0.25) is 5.91 Å². The third-order valence-corrected chi connectivity index (χ3v) is 2.86. The maximum absolute atomic E-state index is 11.6. The smallest absolute Gasteiger partial charge is 0.321 e. The number of aromatic nitrogens is 2. The highest BCUT2D eigenvalue weighted by Crippen LogP contribution is 2.21. The molecule has 2 aromatic rings. The lowest BCUT2D eigenvalue weighted by atomic mass is 10.2. The van der Waals surface area contributed by atoms with E-state index in [1.165, 1.54) is 0 Å². The lowest BCUT2D eigenvalue weighted by Crippen LogP contribution is -2.17. The van der Waals surface area contributed by atoms with E-state index in [0.717, 1.165) is 10.2 Å². The van der Waals surface area contributed by atoms with E-state index in [1.54, 1.807) is 36.7 Å². The molecule has 20 heavy (non-hydrogen) atoms. The van der Waals surface area contributed by atoms with E-state index in [1.807, 2.05) is 13.8 Å². The maximum atomic E-state index is 11.6. The molecule has 1 amide bonds. The van der Waals surface area contributed by atoms with Gasteiger partial charge in [0.1, 0.15) is 5.75 Å². The standard InChI is InChI=1S/C14H14BrN3O2/c1-9(2)13(19)18-11-3-5-12(6-4-11)20-14-16-7-10(15)8-17-14/h3-9H,1-2H3,(H,18,19). The summed E-state index contributed by atoms with van der Waals surface area (Å²) in [5.74, 6) is 0.534. The number of benzene rings is 1. The summed E-state index contributed by atoms with van der Waals surface area (Å²) in [5, 5.41) is 2.81. The minimum Gasteiger partial charge on any atom is -0.424 e. The summed E-state index contributed by atoms with van der Waals surface area (Å²) < 4.78 is 6.27. The molecule has 0 bridgehead atoms. The summed E-state index contributed by atoms with van der Waals surface area (Å²) in [6.07, 6.45) is 3.22. The van der Waals surface area contributed by atoms with Crippen LogP contribution in [0, 0.1) is 5.92 Å². The highest BCUT2D eigenvalue weighted by molar-refractivity contribution is 9.10. The summed E-state index contributed by atoms with van der Waals surface area (Å²) in [6, 6.07) is 7.32. The zero-order chi connectivity index (χ0) is 14.5. The van der Waals surface area contributed by atoms with E-state index in [9.17, 15) is 4.79 Å². The number of ether oxygens (including phenoxy) is 1. The first-order chi connectivity index (χ1) is 9.54. The Morgan fingerprint density at radius 2 is 1.80 bits per heavy atom. The van der Waals surface area contributed by atoms with Crippen molar-refractivity contribution in [2.24, 2.45) is 5.92 Å². The van der Waals surface area contributed by atoms with Gasteiger partial charge in [0.15, 0.2) is 0 Å². The van der Waals surface area contributed by atoms with Crippen LogP contribution in [0.1, 0.15) is 13.8 Å². The van der Waals surface area contributed by atoms with Gasteiger partial charge in [-0.1, -0.05) is 13.8 Å². The number of hydrogen-bond acceptors (Lipinski definition) is 4. The molecule has 104 valence electrons. The Labute approximate surface area is 125 Å². The van der Waals surface area contributed by atoms with E-state index in [2.05, 4.69) is 31.2 Å². The van der Waals surface area contributed by atoms with Crippen molar-refractivity contribution in [1.29, 1.82) is 0 Å². The molecule has 0 saturated heterocycles. The van der Waals surface area contributed by atoms with Gasteiger partial charge in [-0.3, -0.25) is 4.79 Å². The van der Waals surface area contributed by atoms with E-state index < -0.39 is 0 Å². The maximum Gasteiger partial charge on any atom is 0.321 e. The van der Waals surface area contributed by atoms with Crippen LogP contribution in [0.5, 0.6) is 11.8 Å². The predicted octanol–water partition coefficient (Wildman–Crippen LogP) is 3.63. The molecule has 0 spiro atoms. The molecule has 0 fully saturated rings. The van der Waals surface area contributed by atoms with Gasteiger partial charge in [0.25, 0.3) is 0 Å². The molecule has 6 heteroatoms. The average molecular weight is 336 g/mol. The molecule has 1 heterocycles. The van der Waals surface area contributed by atoms with Crippen LogP contribution in [-0.2, 0) is 4.79 Å². The molecule has 0 aliphatic heterocycles. The lowest BCUT2D eigenvalue weighted by molar-refractivity contribution is -0.118. The number of nitrogens with one attached hydrogen (secondary N) is 1. The lowest BCUT2D eigenvalue weighted by Gasteiger charge is -2.08. The van der Waals surface area contributed by atoms with Crippen molar-refractivity contribution in [3.05, 3.63) is 41.1 Å². The van der Waals surface area contributed by atoms with E-state index in [-0.39, 0.29) is 17.8 Å². The predicted molar refractivity (Wildman–Crippen MR) is 79.7 cm³/mol. The number of hydrogen-bond donors (Lipinski definition) is 1. The highest BCUT2D eigenvalue weighted by Gasteiger charge is 2.07. The molecule has 0 atom stereocenters. The van der Waals surface area contributed by atoms with Crippen molar-refractivity contribution < 1.29 is 9.53 Å². The van der Waals surface area contributed by atoms with Gasteiger partial charge in [-0.25, -0.2) is 9.97 Å². The Hall–Kier alpha value is -1.95. The fourth-order valence-corrected chi connectivity index (χ4v) is 1.56. The van der Waals surface area contributed by atoms with Gasteiger partial charge in [-0.2, -0.15) is 0 Å². The summed E-state index contributed by atoms with van der Waals surface area (Å²) >= 11 is 3.25. The first kappa shape index (κ1) is 14.5. The fourth-order valence-electron chi connectivity index (χ4n) is 1.35. The largest absolute Gasteiger partial charge is 0.424 e. The molecular formula is C14H14BrN3O2. The third kappa shape index (κ3) is 4.03. The molecule has 2 rings (SSSR count). The first-order valence-electron chi connectivity index (χ1n) is 6.11. The number of amides is 1. The van der Waals surface area contributed by atoms with Crippen LogP contribution in [0.2, 0.25) is 0 Å². The quantitative estimate of drug-likeness (QED) is 0.926. The summed E-state index contributed by atoms with van der Waals surface area (Å²) in [7, 11) is 0. The van der Waals surface area contributed by atoms with E-state index >= 15 is 0 Å². The number of halogens is 1. The van der Waals surface area contributed by atoms with Crippen LogP contribution >= 0.6 is 15.9 Å². The van der Waals surface area contributed by atoms with Crippen LogP contribution in [0.25, 0.3) is 0 Å². The number of rotatable bonds is 4. The Kier molecular flexibility index (Phi) is 4.68. The monoisotopic (exact) mass is 335 g/mol. The van der Waals surface area contributed by atoms with Crippen LogP contribution in [0.3, 0.4) is 0 Å². The molecule has 0 saturated carbocycles. The molecule has 0 unspecified atom stereocenters. The van der Waals surface area contributed by atoms with Crippen molar-refractivity contribution in [3.63, 3.8) is 0 Å². The Morgan fingerprint density at radius 1 is 1.20 bits per heavy atom. The minimum atomic E-state index is -0.0536. The third-order valence-electron chi connectivity index (χ3n) is 2.45. The molecule has 5 nitrogen and oxygen atoms in total. The molecule has 0 aliphatic carbocycles. The van der Waals surface area contributed by atoms with Crippen molar-refractivity contribution in [1.82, 2.24) is 9.97 Å². The Bertz CT molecular complexity index is 582. The van der Waals surface area contributed by atoms with Crippen molar-refractivity contribution in [2.75, 3.05) is 5.32 Å². The van der Waals surface area contributed by atoms with Crippen molar-refractivity contribution in [3.8, 4) is 11.8 Å². The Morgan fingerprint density at radius 3 is 2.35 bits per heavy atom. The van der Waals surface area contributed by atoms with Crippen LogP contribution in [0.15, 0.2) is 41.1 Å². The van der Waals surface area contributed by atoms with Gasteiger partial charge in [0.05, 0.1) is 4.47 Å². The number of anilines is 1. The fraction of sp³-hybridized carbons (Fsp3) is 0.214. The second-order valence-corrected chi connectivity index (χ2v) is 5.37. The molecule has 0 radical (unpaired) electrons. The summed E-state index contributed by atoms with van der Waals surface area (Å²) in [5.41, 5.74) is 0.729. The zero-order valence-electron chi connectivity index (χ0n) is 11.1. The topological polar surface area (TPSA) is 64.1 Å². The molecule has 1 aromatic carbocycles. The van der Waals surface area contributed by atoms with Gasteiger partial charge >= 0.3 is 6.01 Å². The number of nitrogens with zero attached hydrogens (tertiary/aromatic N) is 2. The van der Waals surface area contributed by atoms with E-state index in [0.29, 0.717) is 5.75 Å². The summed E-state index contributed by atoms with van der Waals surface area (Å²) in [6.45, 7) is 3.69. The molecule has 1 aromatic heterocycles. The number of carbonyl (C=O) groups excluding carboxylic acids is 1. The van der Waals surface area contributed by atoms with E-state index in [4.69, 9.17) is 4.74 Å². The molecule has 1 N–H and O–H groups in total. The SMILES string of the molecule is CC(C)C(=O)Nc1ccc(Oc2ncc(Br)cn2)cc1. The van der Waals surface area contributed by atoms with Gasteiger partial charge in [0, 0.05) is 24.0 Å². The zero-order valence-corrected chi connectivity index (χ0v) is 12.7. The number of carbonyl (C=O) groups is 1. The van der Waals surface area contributed by atoms with Crippen LogP contribution in [-0.4, -0.2) is 15.9 Å². The summed E-state index contributed by atoms with van der Waals surface area (Å²) in [4.78, 5) is 19.6. The molecular weight excluding hydrogens is 322 g/mol. The van der Waals surface area contributed by atoms with Crippen molar-refractivity contribution in [2.45, 2.75) is 13.8 Å². The van der Waals surface area contributed by atoms with Gasteiger partial charge < -0.3 is 10.1 Å². The minimum absolute atomic E-state index is 0.0186. The van der Waals surface area contributed by atoms with Gasteiger partial charge in [-0.05, 0) is 40.2 Å². The molecule has 0 aliphatic rings. The van der Waals surface area contributed by atoms with Crippen molar-refractivity contribution >= 4 is 27.5 Å². The van der Waals surface area contributed by atoms with Gasteiger partial charge in [-0.15, -0.1) is 0 Å². The average Bonchev–Trinajstić information content (AvgIpc) is 2.43. The second kappa shape index (κ2) is 6.47.